The number of rotatable bonds is 3. The van der Waals surface area contributed by atoms with Crippen LogP contribution in [-0.4, -0.2) is 17.6 Å². The highest BCUT2D eigenvalue weighted by Crippen LogP contribution is 2.08. The van der Waals surface area contributed by atoms with Crippen LogP contribution in [0.4, 0.5) is 0 Å². The van der Waals surface area contributed by atoms with Crippen molar-refractivity contribution >= 4 is 12.0 Å². The predicted octanol–water partition coefficient (Wildman–Crippen LogP) is 1.18. The molecule has 0 atom stereocenters. The lowest BCUT2D eigenvalue weighted by atomic mass is 10.1. The van der Waals surface area contributed by atoms with Gasteiger partial charge in [-0.25, -0.2) is 0 Å². The Morgan fingerprint density at radius 3 is 2.43 bits per heavy atom. The molecule has 1 rings (SSSR count). The quantitative estimate of drug-likeness (QED) is 0.753. The Morgan fingerprint density at radius 2 is 2.00 bits per heavy atom. The van der Waals surface area contributed by atoms with Crippen LogP contribution in [-0.2, 0) is 0 Å². The highest BCUT2D eigenvalue weighted by Gasteiger charge is 1.98. The molecule has 0 saturated heterocycles. The summed E-state index contributed by atoms with van der Waals surface area (Å²) in [4.78, 5) is 10.8. The van der Waals surface area contributed by atoms with Crippen molar-refractivity contribution in [3.8, 4) is 0 Å². The van der Waals surface area contributed by atoms with E-state index in [2.05, 4.69) is 0 Å². The number of primary amides is 1. The van der Waals surface area contributed by atoms with E-state index in [0.29, 0.717) is 5.56 Å². The molecule has 0 aliphatic carbocycles. The minimum absolute atomic E-state index is 0.0393. The molecule has 0 aliphatic rings. The molecular weight excluding hydrogens is 178 g/mol. The number of carbonyl (C=O) groups is 1. The van der Waals surface area contributed by atoms with Crippen molar-refractivity contribution in [3.63, 3.8) is 0 Å². The first-order valence-electron chi connectivity index (χ1n) is 4.31. The second-order valence-electron chi connectivity index (χ2n) is 3.14. The van der Waals surface area contributed by atoms with Crippen LogP contribution < -0.4 is 5.73 Å². The average molecular weight is 191 g/mol. The van der Waals surface area contributed by atoms with Gasteiger partial charge in [0.1, 0.15) is 0 Å². The molecule has 0 aromatic heterocycles. The van der Waals surface area contributed by atoms with Crippen LogP contribution in [0.2, 0.25) is 0 Å². The van der Waals surface area contributed by atoms with E-state index in [1.165, 1.54) is 0 Å². The largest absolute Gasteiger partial charge is 0.392 e. The van der Waals surface area contributed by atoms with E-state index in [-0.39, 0.29) is 6.61 Å². The Labute approximate surface area is 82.9 Å². The van der Waals surface area contributed by atoms with Crippen molar-refractivity contribution in [3.05, 3.63) is 41.0 Å². The van der Waals surface area contributed by atoms with Gasteiger partial charge in [0, 0.05) is 5.56 Å². The molecule has 0 fully saturated rings. The van der Waals surface area contributed by atoms with E-state index >= 15 is 0 Å². The highest BCUT2D eigenvalue weighted by molar-refractivity contribution is 5.92. The molecule has 1 amide bonds. The molecule has 0 heterocycles. The van der Waals surface area contributed by atoms with Gasteiger partial charge in [0.2, 0.25) is 5.91 Å². The first kappa shape index (κ1) is 10.5. The fraction of sp³-hybridized carbons (Fsp3) is 0.182. The minimum Gasteiger partial charge on any atom is -0.392 e. The molecule has 1 aromatic carbocycles. The Hall–Kier alpha value is -1.61. The number of aliphatic hydroxyl groups excluding tert-OH is 1. The van der Waals surface area contributed by atoms with Gasteiger partial charge < -0.3 is 10.8 Å². The van der Waals surface area contributed by atoms with Crippen molar-refractivity contribution in [1.82, 2.24) is 0 Å². The fourth-order valence-corrected chi connectivity index (χ4v) is 1.07. The standard InChI is InChI=1S/C11H13NO2/c1-8(7-13)6-9-2-4-10(5-3-9)11(12)14/h2-6,13H,7H2,1H3,(H2,12,14). The summed E-state index contributed by atoms with van der Waals surface area (Å²) in [5, 5.41) is 8.80. The Kier molecular flexibility index (Phi) is 3.42. The van der Waals surface area contributed by atoms with E-state index in [4.69, 9.17) is 10.8 Å². The molecule has 0 aliphatic heterocycles. The third-order valence-electron chi connectivity index (χ3n) is 1.86. The van der Waals surface area contributed by atoms with Gasteiger partial charge in [0.15, 0.2) is 0 Å². The maximum Gasteiger partial charge on any atom is 0.248 e. The number of hydrogen-bond donors (Lipinski definition) is 2. The zero-order valence-electron chi connectivity index (χ0n) is 8.03. The molecule has 14 heavy (non-hydrogen) atoms. The van der Waals surface area contributed by atoms with Crippen molar-refractivity contribution in [1.29, 1.82) is 0 Å². The first-order chi connectivity index (χ1) is 6.63. The van der Waals surface area contributed by atoms with Gasteiger partial charge in [-0.15, -0.1) is 0 Å². The van der Waals surface area contributed by atoms with Gasteiger partial charge in [0.05, 0.1) is 6.61 Å². The molecule has 3 heteroatoms. The number of hydrogen-bond acceptors (Lipinski definition) is 2. The van der Waals surface area contributed by atoms with Crippen molar-refractivity contribution in [2.45, 2.75) is 6.92 Å². The van der Waals surface area contributed by atoms with E-state index < -0.39 is 5.91 Å². The summed E-state index contributed by atoms with van der Waals surface area (Å²) < 4.78 is 0. The van der Waals surface area contributed by atoms with Gasteiger partial charge in [-0.1, -0.05) is 18.2 Å². The zero-order chi connectivity index (χ0) is 10.6. The number of benzene rings is 1. The third-order valence-corrected chi connectivity index (χ3v) is 1.86. The summed E-state index contributed by atoms with van der Waals surface area (Å²) in [5.41, 5.74) is 7.40. The van der Waals surface area contributed by atoms with E-state index in [9.17, 15) is 4.79 Å². The maximum absolute atomic E-state index is 10.8. The molecule has 0 saturated carbocycles. The summed E-state index contributed by atoms with van der Waals surface area (Å²) in [7, 11) is 0. The van der Waals surface area contributed by atoms with Crippen LogP contribution in [0.25, 0.3) is 6.08 Å². The lowest BCUT2D eigenvalue weighted by Gasteiger charge is -1.98. The van der Waals surface area contributed by atoms with Crippen molar-refractivity contribution in [2.75, 3.05) is 6.61 Å². The molecular formula is C11H13NO2. The Morgan fingerprint density at radius 1 is 1.43 bits per heavy atom. The van der Waals surface area contributed by atoms with Crippen LogP contribution in [0.15, 0.2) is 29.8 Å². The molecule has 0 unspecified atom stereocenters. The zero-order valence-corrected chi connectivity index (χ0v) is 8.03. The Bertz CT molecular complexity index is 352. The molecule has 0 bridgehead atoms. The number of aliphatic hydroxyl groups is 1. The Balaban J connectivity index is 2.89. The van der Waals surface area contributed by atoms with E-state index in [1.54, 1.807) is 24.3 Å². The maximum atomic E-state index is 10.8. The van der Waals surface area contributed by atoms with Crippen LogP contribution >= 0.6 is 0 Å². The molecule has 1 aromatic rings. The molecule has 0 radical (unpaired) electrons. The monoisotopic (exact) mass is 191 g/mol. The highest BCUT2D eigenvalue weighted by atomic mass is 16.3. The topological polar surface area (TPSA) is 63.3 Å². The molecule has 3 N–H and O–H groups in total. The molecule has 0 spiro atoms. The average Bonchev–Trinajstić information content (AvgIpc) is 2.18. The number of carbonyl (C=O) groups excluding carboxylic acids is 1. The van der Waals surface area contributed by atoms with Gasteiger partial charge in [0.25, 0.3) is 0 Å². The summed E-state index contributed by atoms with van der Waals surface area (Å²) in [6.45, 7) is 1.87. The van der Waals surface area contributed by atoms with Gasteiger partial charge in [-0.3, -0.25) is 4.79 Å². The van der Waals surface area contributed by atoms with E-state index in [0.717, 1.165) is 11.1 Å². The van der Waals surface area contributed by atoms with E-state index in [1.807, 2.05) is 13.0 Å². The number of nitrogens with two attached hydrogens (primary N) is 1. The third kappa shape index (κ3) is 2.71. The predicted molar refractivity (Wildman–Crippen MR) is 55.7 cm³/mol. The lowest BCUT2D eigenvalue weighted by Crippen LogP contribution is -2.10. The number of amides is 1. The van der Waals surface area contributed by atoms with Crippen LogP contribution in [0.1, 0.15) is 22.8 Å². The SMILES string of the molecule is CC(=Cc1ccc(C(N)=O)cc1)CO. The van der Waals surface area contributed by atoms with Crippen LogP contribution in [0, 0.1) is 0 Å². The second-order valence-corrected chi connectivity index (χ2v) is 3.14. The second kappa shape index (κ2) is 4.58. The van der Waals surface area contributed by atoms with Crippen LogP contribution in [0.3, 0.4) is 0 Å². The van der Waals surface area contributed by atoms with Gasteiger partial charge >= 0.3 is 0 Å². The summed E-state index contributed by atoms with van der Waals surface area (Å²) >= 11 is 0. The van der Waals surface area contributed by atoms with Crippen molar-refractivity contribution < 1.29 is 9.90 Å². The minimum atomic E-state index is -0.431. The van der Waals surface area contributed by atoms with Gasteiger partial charge in [-0.2, -0.15) is 0 Å². The molecule has 74 valence electrons. The van der Waals surface area contributed by atoms with Crippen LogP contribution in [0.5, 0.6) is 0 Å². The summed E-state index contributed by atoms with van der Waals surface area (Å²) in [6.07, 6.45) is 1.85. The smallest absolute Gasteiger partial charge is 0.248 e. The fourth-order valence-electron chi connectivity index (χ4n) is 1.07. The van der Waals surface area contributed by atoms with Crippen molar-refractivity contribution in [2.24, 2.45) is 5.73 Å². The first-order valence-corrected chi connectivity index (χ1v) is 4.31. The lowest BCUT2D eigenvalue weighted by molar-refractivity contribution is 0.100. The van der Waals surface area contributed by atoms with Gasteiger partial charge in [-0.05, 0) is 30.2 Å². The normalized spacial score (nSPS) is 11.4. The molecule has 3 nitrogen and oxygen atoms in total. The summed E-state index contributed by atoms with van der Waals surface area (Å²) in [6, 6.07) is 6.91. The summed E-state index contributed by atoms with van der Waals surface area (Å²) in [5.74, 6) is -0.431.